The molecular weight excluding hydrogens is 358 g/mol. The molecule has 1 saturated heterocycles. The smallest absolute Gasteiger partial charge is 0.409 e. The topological polar surface area (TPSA) is 92.0 Å². The lowest BCUT2D eigenvalue weighted by Crippen LogP contribution is -2.49. The third-order valence-corrected chi connectivity index (χ3v) is 4.59. The number of rotatable bonds is 5. The molecule has 0 radical (unpaired) electrons. The highest BCUT2D eigenvalue weighted by Crippen LogP contribution is 2.17. The lowest BCUT2D eigenvalue weighted by atomic mass is 10.1. The van der Waals surface area contributed by atoms with E-state index >= 15 is 0 Å². The first kappa shape index (κ1) is 19.7. The van der Waals surface area contributed by atoms with Crippen molar-refractivity contribution in [3.63, 3.8) is 0 Å². The molecule has 0 atom stereocenters. The third kappa shape index (κ3) is 5.25. The third-order valence-electron chi connectivity index (χ3n) is 4.59. The second-order valence-corrected chi connectivity index (χ2v) is 6.54. The molecular formula is C20H27N5O3. The van der Waals surface area contributed by atoms with Gasteiger partial charge in [-0.05, 0) is 31.9 Å². The molecule has 0 aliphatic carbocycles. The van der Waals surface area contributed by atoms with Gasteiger partial charge >= 0.3 is 6.09 Å². The monoisotopic (exact) mass is 385 g/mol. The number of ether oxygens (including phenoxy) is 1. The molecule has 28 heavy (non-hydrogen) atoms. The van der Waals surface area contributed by atoms with E-state index < -0.39 is 0 Å². The van der Waals surface area contributed by atoms with Crippen molar-refractivity contribution in [2.24, 2.45) is 4.99 Å². The number of hydrogen-bond acceptors (Lipinski definition) is 5. The minimum atomic E-state index is -0.233. The summed E-state index contributed by atoms with van der Waals surface area (Å²) in [5.41, 5.74) is 1.75. The van der Waals surface area contributed by atoms with Crippen LogP contribution >= 0.6 is 0 Å². The van der Waals surface area contributed by atoms with Crippen molar-refractivity contribution in [1.82, 2.24) is 20.5 Å². The van der Waals surface area contributed by atoms with Crippen LogP contribution in [0.1, 0.15) is 25.5 Å². The number of guanidine groups is 1. The maximum atomic E-state index is 11.8. The van der Waals surface area contributed by atoms with Crippen LogP contribution in [0.2, 0.25) is 0 Å². The molecule has 1 amide bonds. The van der Waals surface area contributed by atoms with Crippen LogP contribution in [-0.2, 0) is 11.3 Å². The molecule has 2 aromatic rings. The van der Waals surface area contributed by atoms with Gasteiger partial charge in [0.05, 0.1) is 18.8 Å². The number of amides is 1. The predicted octanol–water partition coefficient (Wildman–Crippen LogP) is 2.63. The largest absolute Gasteiger partial charge is 0.450 e. The fourth-order valence-corrected chi connectivity index (χ4v) is 3.08. The lowest BCUT2D eigenvalue weighted by Gasteiger charge is -2.32. The molecule has 1 aromatic heterocycles. The van der Waals surface area contributed by atoms with Gasteiger partial charge < -0.3 is 24.7 Å². The number of nitrogens with zero attached hydrogens (tertiary/aromatic N) is 3. The van der Waals surface area contributed by atoms with Gasteiger partial charge in [0.25, 0.3) is 0 Å². The second kappa shape index (κ2) is 9.77. The summed E-state index contributed by atoms with van der Waals surface area (Å²) in [5, 5.41) is 6.67. The molecule has 1 aromatic carbocycles. The Morgan fingerprint density at radius 2 is 2.07 bits per heavy atom. The first-order valence-electron chi connectivity index (χ1n) is 9.58. The molecule has 8 heteroatoms. The first-order chi connectivity index (χ1) is 13.7. The van der Waals surface area contributed by atoms with E-state index in [-0.39, 0.29) is 12.1 Å². The van der Waals surface area contributed by atoms with Gasteiger partial charge in [0.1, 0.15) is 6.26 Å². The van der Waals surface area contributed by atoms with Gasteiger partial charge in [-0.15, -0.1) is 0 Å². The van der Waals surface area contributed by atoms with Gasteiger partial charge in [-0.3, -0.25) is 4.99 Å². The molecule has 150 valence electrons. The Labute approximate surface area is 165 Å². The highest BCUT2D eigenvalue weighted by Gasteiger charge is 2.24. The van der Waals surface area contributed by atoms with Crippen LogP contribution in [-0.4, -0.2) is 54.7 Å². The number of hydrogen-bond donors (Lipinski definition) is 2. The van der Waals surface area contributed by atoms with Crippen molar-refractivity contribution in [2.75, 3.05) is 26.7 Å². The number of carbonyl (C=O) groups excluding carboxylic acids is 1. The van der Waals surface area contributed by atoms with Gasteiger partial charge in [0.2, 0.25) is 5.89 Å². The highest BCUT2D eigenvalue weighted by atomic mass is 16.6. The van der Waals surface area contributed by atoms with E-state index in [9.17, 15) is 4.79 Å². The Morgan fingerprint density at radius 3 is 2.75 bits per heavy atom. The minimum absolute atomic E-state index is 0.233. The molecule has 8 nitrogen and oxygen atoms in total. The number of oxazole rings is 1. The Bertz CT molecular complexity index is 782. The molecule has 0 bridgehead atoms. The predicted molar refractivity (Wildman–Crippen MR) is 107 cm³/mol. The van der Waals surface area contributed by atoms with Crippen LogP contribution in [0.5, 0.6) is 0 Å². The van der Waals surface area contributed by atoms with Crippen molar-refractivity contribution in [3.05, 3.63) is 42.3 Å². The molecule has 0 saturated carbocycles. The van der Waals surface area contributed by atoms with Gasteiger partial charge in [-0.1, -0.05) is 18.2 Å². The van der Waals surface area contributed by atoms with Crippen LogP contribution in [0, 0.1) is 0 Å². The summed E-state index contributed by atoms with van der Waals surface area (Å²) in [4.78, 5) is 22.3. The Hall–Kier alpha value is -3.03. The number of aromatic nitrogens is 1. The number of likely N-dealkylation sites (tertiary alicyclic amines) is 1. The summed E-state index contributed by atoms with van der Waals surface area (Å²) < 4.78 is 10.6. The number of piperidine rings is 1. The van der Waals surface area contributed by atoms with Crippen molar-refractivity contribution < 1.29 is 13.9 Å². The molecule has 0 spiro atoms. The van der Waals surface area contributed by atoms with Gasteiger partial charge in [-0.2, -0.15) is 0 Å². The zero-order chi connectivity index (χ0) is 19.8. The number of benzene rings is 1. The van der Waals surface area contributed by atoms with E-state index in [0.717, 1.165) is 24.1 Å². The van der Waals surface area contributed by atoms with E-state index in [2.05, 4.69) is 20.6 Å². The maximum absolute atomic E-state index is 11.8. The molecule has 1 aliphatic heterocycles. The second-order valence-electron chi connectivity index (χ2n) is 6.54. The van der Waals surface area contributed by atoms with Crippen LogP contribution in [0.15, 0.2) is 46.0 Å². The fourth-order valence-electron chi connectivity index (χ4n) is 3.08. The van der Waals surface area contributed by atoms with Crippen LogP contribution in [0.25, 0.3) is 11.5 Å². The summed E-state index contributed by atoms with van der Waals surface area (Å²) in [6, 6.07) is 10.1. The van der Waals surface area contributed by atoms with Crippen LogP contribution in [0.3, 0.4) is 0 Å². The Morgan fingerprint density at radius 1 is 1.32 bits per heavy atom. The standard InChI is InChI=1S/C20H27N5O3/c1-3-27-20(26)25-11-9-16(10-12-25)24-19(21-2)22-13-17-14-28-18(23-17)15-7-5-4-6-8-15/h4-8,14,16H,3,9-13H2,1-2H3,(H2,21,22,24). The number of aliphatic imine (C=N–C) groups is 1. The first-order valence-corrected chi connectivity index (χ1v) is 9.58. The molecule has 2 heterocycles. The minimum Gasteiger partial charge on any atom is -0.450 e. The Kier molecular flexibility index (Phi) is 6.89. The van der Waals surface area contributed by atoms with Gasteiger partial charge in [0.15, 0.2) is 5.96 Å². The lowest BCUT2D eigenvalue weighted by molar-refractivity contribution is 0.0963. The summed E-state index contributed by atoms with van der Waals surface area (Å²) in [6.07, 6.45) is 3.12. The average Bonchev–Trinajstić information content (AvgIpc) is 3.21. The summed E-state index contributed by atoms with van der Waals surface area (Å²) in [7, 11) is 1.74. The number of carbonyl (C=O) groups is 1. The van der Waals surface area contributed by atoms with Crippen molar-refractivity contribution >= 4 is 12.1 Å². The summed E-state index contributed by atoms with van der Waals surface area (Å²) in [5.74, 6) is 1.31. The van der Waals surface area contributed by atoms with Gasteiger partial charge in [-0.25, -0.2) is 9.78 Å². The molecule has 2 N–H and O–H groups in total. The van der Waals surface area contributed by atoms with E-state index in [1.807, 2.05) is 37.3 Å². The van der Waals surface area contributed by atoms with Crippen molar-refractivity contribution in [3.8, 4) is 11.5 Å². The fraction of sp³-hybridized carbons (Fsp3) is 0.450. The highest BCUT2D eigenvalue weighted by molar-refractivity contribution is 5.80. The van der Waals surface area contributed by atoms with Crippen LogP contribution < -0.4 is 10.6 Å². The SMILES string of the molecule is CCOC(=O)N1CCC(NC(=NC)NCc2coc(-c3ccccc3)n2)CC1. The van der Waals surface area contributed by atoms with Crippen LogP contribution in [0.4, 0.5) is 4.79 Å². The van der Waals surface area contributed by atoms with Crippen molar-refractivity contribution in [2.45, 2.75) is 32.4 Å². The summed E-state index contributed by atoms with van der Waals surface area (Å²) >= 11 is 0. The van der Waals surface area contributed by atoms with E-state index in [1.165, 1.54) is 0 Å². The summed E-state index contributed by atoms with van der Waals surface area (Å²) in [6.45, 7) is 4.09. The van der Waals surface area contributed by atoms with Gasteiger partial charge in [0, 0.05) is 31.7 Å². The molecule has 3 rings (SSSR count). The molecule has 0 unspecified atom stereocenters. The number of nitrogens with one attached hydrogen (secondary N) is 2. The van der Waals surface area contributed by atoms with E-state index in [4.69, 9.17) is 9.15 Å². The quantitative estimate of drug-likeness (QED) is 0.607. The molecule has 1 fully saturated rings. The normalized spacial score (nSPS) is 15.4. The zero-order valence-corrected chi connectivity index (χ0v) is 16.4. The Balaban J connectivity index is 1.46. The van der Waals surface area contributed by atoms with E-state index in [0.29, 0.717) is 38.1 Å². The van der Waals surface area contributed by atoms with E-state index in [1.54, 1.807) is 18.2 Å². The molecule has 1 aliphatic rings. The zero-order valence-electron chi connectivity index (χ0n) is 16.4. The average molecular weight is 385 g/mol. The van der Waals surface area contributed by atoms with Crippen molar-refractivity contribution in [1.29, 1.82) is 0 Å². The maximum Gasteiger partial charge on any atom is 0.409 e.